The summed E-state index contributed by atoms with van der Waals surface area (Å²) in [6.45, 7) is 19.4. The van der Waals surface area contributed by atoms with E-state index >= 15 is 0 Å². The summed E-state index contributed by atoms with van der Waals surface area (Å²) in [5, 5.41) is 9.61. The zero-order chi connectivity index (χ0) is 19.4. The summed E-state index contributed by atoms with van der Waals surface area (Å²) >= 11 is 0. The van der Waals surface area contributed by atoms with Crippen molar-refractivity contribution in [2.75, 3.05) is 0 Å². The third-order valence-corrected chi connectivity index (χ3v) is 11.4. The van der Waals surface area contributed by atoms with E-state index in [1.165, 1.54) is 0 Å². The minimum absolute atomic E-state index is 0.0190. The van der Waals surface area contributed by atoms with Gasteiger partial charge in [-0.3, -0.25) is 4.79 Å². The fourth-order valence-electron chi connectivity index (χ4n) is 4.37. The number of carbonyl (C=O) groups excluding carboxylic acids is 1. The van der Waals surface area contributed by atoms with Crippen molar-refractivity contribution < 1.29 is 14.0 Å². The molecule has 1 aliphatic heterocycles. The highest BCUT2D eigenvalue weighted by atomic mass is 28.4. The predicted molar refractivity (Wildman–Crippen MR) is 102 cm³/mol. The maximum atomic E-state index is 12.7. The first-order chi connectivity index (χ1) is 11.2. The molecule has 1 saturated carbocycles. The van der Waals surface area contributed by atoms with E-state index in [1.54, 1.807) is 0 Å². The van der Waals surface area contributed by atoms with Crippen molar-refractivity contribution in [3.05, 3.63) is 0 Å². The molecule has 1 heterocycles. The number of hydrogen-bond donors (Lipinski definition) is 0. The zero-order valence-corrected chi connectivity index (χ0v) is 18.4. The molecule has 0 aromatic rings. The van der Waals surface area contributed by atoms with Crippen molar-refractivity contribution in [1.82, 2.24) is 0 Å². The molecule has 0 radical (unpaired) electrons. The molecule has 0 spiro atoms. The number of nitrogens with zero attached hydrogens (tertiary/aromatic N) is 1. The van der Waals surface area contributed by atoms with Gasteiger partial charge in [-0.1, -0.05) is 41.5 Å². The van der Waals surface area contributed by atoms with Crippen LogP contribution in [0.25, 0.3) is 0 Å². The fourth-order valence-corrected chi connectivity index (χ4v) is 5.75. The first-order valence-electron chi connectivity index (χ1n) is 9.43. The number of carbonyl (C=O) groups is 1. The van der Waals surface area contributed by atoms with Crippen LogP contribution >= 0.6 is 0 Å². The first kappa shape index (κ1) is 20.6. The minimum Gasteiger partial charge on any atom is -0.411 e. The normalized spacial score (nSPS) is 38.8. The molecule has 1 aliphatic carbocycles. The molecule has 0 N–H and O–H groups in total. The molecule has 2 aliphatic rings. The SMILES string of the molecule is C[C@H]1O[C@H]2C(C)(C)C(=O)C(C#N)C[C@]2(C)CC1O[Si](C)(C)C(C)(C)C. The van der Waals surface area contributed by atoms with Crippen LogP contribution < -0.4 is 0 Å². The summed E-state index contributed by atoms with van der Waals surface area (Å²) in [7, 11) is -1.91. The average Bonchev–Trinajstić information content (AvgIpc) is 2.45. The van der Waals surface area contributed by atoms with E-state index in [9.17, 15) is 10.1 Å². The zero-order valence-electron chi connectivity index (χ0n) is 17.4. The van der Waals surface area contributed by atoms with Crippen molar-refractivity contribution in [3.63, 3.8) is 0 Å². The molecule has 2 rings (SSSR count). The number of hydrogen-bond acceptors (Lipinski definition) is 4. The van der Waals surface area contributed by atoms with Crippen molar-refractivity contribution in [3.8, 4) is 6.07 Å². The maximum absolute atomic E-state index is 12.7. The molecule has 0 aromatic heterocycles. The number of rotatable bonds is 2. The van der Waals surface area contributed by atoms with Crippen molar-refractivity contribution in [2.24, 2.45) is 16.7 Å². The molecule has 2 unspecified atom stereocenters. The quantitative estimate of drug-likeness (QED) is 0.666. The molecule has 0 aromatic carbocycles. The second-order valence-corrected chi connectivity index (χ2v) is 15.2. The maximum Gasteiger partial charge on any atom is 0.192 e. The Bertz CT molecular complexity index is 587. The lowest BCUT2D eigenvalue weighted by atomic mass is 9.55. The van der Waals surface area contributed by atoms with Gasteiger partial charge in [0.2, 0.25) is 0 Å². The predicted octanol–water partition coefficient (Wildman–Crippen LogP) is 4.70. The van der Waals surface area contributed by atoms with Gasteiger partial charge in [-0.25, -0.2) is 0 Å². The Balaban J connectivity index is 2.31. The van der Waals surface area contributed by atoms with E-state index in [0.29, 0.717) is 6.42 Å². The molecule has 2 fully saturated rings. The number of Topliss-reactive ketones (excluding diaryl/α,β-unsaturated/α-hetero) is 1. The molecular weight excluding hydrogens is 330 g/mol. The lowest BCUT2D eigenvalue weighted by molar-refractivity contribution is -0.219. The lowest BCUT2D eigenvalue weighted by Gasteiger charge is -2.57. The van der Waals surface area contributed by atoms with Crippen LogP contribution in [0.4, 0.5) is 0 Å². The van der Waals surface area contributed by atoms with E-state index < -0.39 is 19.7 Å². The van der Waals surface area contributed by atoms with Gasteiger partial charge in [0.25, 0.3) is 0 Å². The Morgan fingerprint density at radius 3 is 2.28 bits per heavy atom. The summed E-state index contributed by atoms with van der Waals surface area (Å²) < 4.78 is 13.1. The van der Waals surface area contributed by atoms with E-state index in [-0.39, 0.29) is 34.5 Å². The van der Waals surface area contributed by atoms with Gasteiger partial charge in [0.15, 0.2) is 14.1 Å². The smallest absolute Gasteiger partial charge is 0.192 e. The Morgan fingerprint density at radius 1 is 1.24 bits per heavy atom. The highest BCUT2D eigenvalue weighted by molar-refractivity contribution is 6.74. The van der Waals surface area contributed by atoms with E-state index in [4.69, 9.17) is 9.16 Å². The van der Waals surface area contributed by atoms with Crippen LogP contribution in [-0.2, 0) is 14.0 Å². The van der Waals surface area contributed by atoms with Gasteiger partial charge < -0.3 is 9.16 Å². The van der Waals surface area contributed by atoms with Gasteiger partial charge in [-0.05, 0) is 43.3 Å². The number of fused-ring (bicyclic) bond motifs is 1. The van der Waals surface area contributed by atoms with Crippen LogP contribution in [0.15, 0.2) is 0 Å². The molecule has 1 saturated heterocycles. The molecule has 25 heavy (non-hydrogen) atoms. The summed E-state index contributed by atoms with van der Waals surface area (Å²) in [6, 6.07) is 2.23. The van der Waals surface area contributed by atoms with E-state index in [0.717, 1.165) is 6.42 Å². The summed E-state index contributed by atoms with van der Waals surface area (Å²) in [5.74, 6) is -0.518. The van der Waals surface area contributed by atoms with Crippen molar-refractivity contribution in [2.45, 2.75) is 97.8 Å². The van der Waals surface area contributed by atoms with Crippen LogP contribution in [0.2, 0.25) is 18.1 Å². The van der Waals surface area contributed by atoms with Crippen molar-refractivity contribution >= 4 is 14.1 Å². The fraction of sp³-hybridized carbons (Fsp3) is 0.900. The Kier molecular flexibility index (Phi) is 5.09. The van der Waals surface area contributed by atoms with Gasteiger partial charge in [-0.15, -0.1) is 0 Å². The molecular formula is C20H35NO3Si. The molecule has 0 bridgehead atoms. The summed E-state index contributed by atoms with van der Waals surface area (Å²) in [5.41, 5.74) is -0.846. The Hall–Kier alpha value is -0.703. The minimum atomic E-state index is -1.91. The first-order valence-corrected chi connectivity index (χ1v) is 12.3. The second-order valence-electron chi connectivity index (χ2n) is 10.5. The molecule has 142 valence electrons. The van der Waals surface area contributed by atoms with Crippen LogP contribution in [0.1, 0.15) is 61.3 Å². The largest absolute Gasteiger partial charge is 0.411 e. The number of nitriles is 1. The van der Waals surface area contributed by atoms with Gasteiger partial charge in [-0.2, -0.15) is 5.26 Å². The highest BCUT2D eigenvalue weighted by Gasteiger charge is 2.60. The average molecular weight is 366 g/mol. The third-order valence-electron chi connectivity index (χ3n) is 6.86. The third kappa shape index (κ3) is 3.46. The van der Waals surface area contributed by atoms with Crippen molar-refractivity contribution in [1.29, 1.82) is 5.26 Å². The standard InChI is InChI=1S/C20H35NO3Si/c1-13-15(24-25(8,9)18(2,3)4)11-20(7)10-14(12-21)16(22)19(5,6)17(20)23-13/h13-15,17H,10-11H2,1-9H3/t13-,14?,15?,17+,20-/m1/s1. The molecule has 0 amide bonds. The summed E-state index contributed by atoms with van der Waals surface area (Å²) in [4.78, 5) is 12.7. The molecule has 5 heteroatoms. The Morgan fingerprint density at radius 2 is 1.80 bits per heavy atom. The number of ketones is 1. The highest BCUT2D eigenvalue weighted by Crippen LogP contribution is 2.54. The lowest BCUT2D eigenvalue weighted by Crippen LogP contribution is -2.63. The van der Waals surface area contributed by atoms with Gasteiger partial charge >= 0.3 is 0 Å². The monoisotopic (exact) mass is 365 g/mol. The number of ether oxygens (including phenoxy) is 1. The van der Waals surface area contributed by atoms with Crippen LogP contribution in [-0.4, -0.2) is 32.4 Å². The van der Waals surface area contributed by atoms with Gasteiger partial charge in [0.1, 0.15) is 5.92 Å². The van der Waals surface area contributed by atoms with Crippen LogP contribution in [0.5, 0.6) is 0 Å². The molecule has 4 nitrogen and oxygen atoms in total. The summed E-state index contributed by atoms with van der Waals surface area (Å²) in [6.07, 6.45) is 1.23. The molecule has 5 atom stereocenters. The Labute approximate surface area is 154 Å². The topological polar surface area (TPSA) is 59.3 Å². The van der Waals surface area contributed by atoms with Gasteiger partial charge in [0.05, 0.1) is 29.8 Å². The second kappa shape index (κ2) is 6.18. The van der Waals surface area contributed by atoms with Crippen LogP contribution in [0.3, 0.4) is 0 Å². The van der Waals surface area contributed by atoms with E-state index in [1.807, 2.05) is 13.8 Å². The van der Waals surface area contributed by atoms with E-state index in [2.05, 4.69) is 53.8 Å². The van der Waals surface area contributed by atoms with Gasteiger partial charge in [0, 0.05) is 0 Å². The van der Waals surface area contributed by atoms with Crippen LogP contribution in [0, 0.1) is 28.1 Å².